The fourth-order valence-corrected chi connectivity index (χ4v) is 2.87. The first kappa shape index (κ1) is 24.8. The zero-order valence-electron chi connectivity index (χ0n) is 17.6. The minimum Gasteiger partial charge on any atom is -0.427 e. The Bertz CT molecular complexity index is 869. The van der Waals surface area contributed by atoms with Crippen molar-refractivity contribution in [2.45, 2.75) is 51.4 Å². The van der Waals surface area contributed by atoms with Gasteiger partial charge in [-0.25, -0.2) is 0 Å². The fraction of sp³-hybridized carbons (Fsp3) is 0.364. The van der Waals surface area contributed by atoms with Gasteiger partial charge < -0.3 is 14.4 Å². The number of benzene rings is 2. The molecule has 0 saturated carbocycles. The fourth-order valence-electron chi connectivity index (χ4n) is 2.87. The predicted octanol–water partition coefficient (Wildman–Crippen LogP) is 4.41. The molecule has 2 rings (SSSR count). The van der Waals surface area contributed by atoms with Crippen LogP contribution in [0.2, 0.25) is 0 Å². The highest BCUT2D eigenvalue weighted by atomic mass is 17.3. The van der Waals surface area contributed by atoms with Crippen LogP contribution in [0.15, 0.2) is 48.5 Å². The third kappa shape index (κ3) is 9.54. The summed E-state index contributed by atoms with van der Waals surface area (Å²) in [5, 5.41) is 10.6. The van der Waals surface area contributed by atoms with Crippen LogP contribution in [0.1, 0.15) is 51.4 Å². The lowest BCUT2D eigenvalue weighted by Gasteiger charge is -2.06. The minimum absolute atomic E-state index is 0.0549. The molecule has 2 aromatic carbocycles. The van der Waals surface area contributed by atoms with Crippen molar-refractivity contribution in [3.05, 3.63) is 58.6 Å². The van der Waals surface area contributed by atoms with Crippen LogP contribution in [0.25, 0.3) is 0 Å². The quantitative estimate of drug-likeness (QED) is 0.111. The van der Waals surface area contributed by atoms with Crippen LogP contribution in [0.5, 0.6) is 17.2 Å². The summed E-state index contributed by atoms with van der Waals surface area (Å²) >= 11 is 0. The van der Waals surface area contributed by atoms with Gasteiger partial charge in [-0.2, -0.15) is 5.90 Å². The van der Waals surface area contributed by atoms with E-state index in [0.717, 1.165) is 32.1 Å². The van der Waals surface area contributed by atoms with E-state index in [1.54, 1.807) is 24.3 Å². The van der Waals surface area contributed by atoms with E-state index in [2.05, 4.69) is 9.88 Å². The predicted molar refractivity (Wildman–Crippen MR) is 114 cm³/mol. The normalized spacial score (nSPS) is 10.4. The van der Waals surface area contributed by atoms with E-state index in [1.807, 2.05) is 0 Å². The van der Waals surface area contributed by atoms with Gasteiger partial charge in [0, 0.05) is 25.0 Å². The lowest BCUT2D eigenvalue weighted by atomic mass is 10.1. The highest BCUT2D eigenvalue weighted by Gasteiger charge is 2.09. The number of hydrogen-bond donors (Lipinski definition) is 1. The average Bonchev–Trinajstić information content (AvgIpc) is 2.77. The number of carbonyl (C=O) groups is 2. The highest BCUT2D eigenvalue weighted by molar-refractivity contribution is 5.72. The van der Waals surface area contributed by atoms with Crippen molar-refractivity contribution in [3.63, 3.8) is 0 Å². The zero-order valence-corrected chi connectivity index (χ0v) is 17.6. The van der Waals surface area contributed by atoms with Gasteiger partial charge in [-0.3, -0.25) is 19.7 Å². The molecule has 2 N–H and O–H groups in total. The van der Waals surface area contributed by atoms with Crippen molar-refractivity contribution in [2.75, 3.05) is 0 Å². The van der Waals surface area contributed by atoms with Crippen LogP contribution in [-0.2, 0) is 14.6 Å². The topological polar surface area (TPSA) is 140 Å². The van der Waals surface area contributed by atoms with Gasteiger partial charge in [0.05, 0.1) is 4.92 Å². The molecule has 32 heavy (non-hydrogen) atoms. The lowest BCUT2D eigenvalue weighted by Crippen LogP contribution is -2.08. The van der Waals surface area contributed by atoms with Gasteiger partial charge in [0.15, 0.2) is 5.75 Å². The molecular weight excluding hydrogens is 420 g/mol. The zero-order chi connectivity index (χ0) is 23.2. The van der Waals surface area contributed by atoms with Gasteiger partial charge >= 0.3 is 11.9 Å². The molecule has 10 nitrogen and oxygen atoms in total. The molecule has 0 aliphatic carbocycles. The third-order valence-electron chi connectivity index (χ3n) is 4.49. The number of nitro benzene ring substituents is 1. The molecule has 172 valence electrons. The summed E-state index contributed by atoms with van der Waals surface area (Å²) < 4.78 is 10.4. The summed E-state index contributed by atoms with van der Waals surface area (Å²) in [6.07, 6.45) is 5.70. The van der Waals surface area contributed by atoms with Crippen molar-refractivity contribution in [2.24, 2.45) is 5.90 Å². The summed E-state index contributed by atoms with van der Waals surface area (Å²) in [5.74, 6) is 5.23. The Labute approximate surface area is 185 Å². The third-order valence-corrected chi connectivity index (χ3v) is 4.49. The van der Waals surface area contributed by atoms with Gasteiger partial charge in [0.2, 0.25) is 0 Å². The van der Waals surface area contributed by atoms with E-state index in [-0.39, 0.29) is 24.0 Å². The molecule has 2 aromatic rings. The molecule has 0 atom stereocenters. The summed E-state index contributed by atoms with van der Waals surface area (Å²) in [7, 11) is 0. The molecule has 0 heterocycles. The van der Waals surface area contributed by atoms with E-state index in [1.165, 1.54) is 24.3 Å². The van der Waals surface area contributed by atoms with Crippen LogP contribution in [0.3, 0.4) is 0 Å². The van der Waals surface area contributed by atoms with Crippen LogP contribution >= 0.6 is 0 Å². The SMILES string of the molecule is NOOc1ccc(OC(=O)CCCCCCCCC(=O)Oc2ccc([N+](=O)[O-])cc2)cc1. The standard InChI is InChI=1S/C22H26N2O8/c23-32-31-20-15-13-19(14-16-20)30-22(26)8-6-4-2-1-3-5-7-21(25)29-18-11-9-17(10-12-18)24(27)28/h9-16H,1-8,23H2. The van der Waals surface area contributed by atoms with E-state index in [9.17, 15) is 19.7 Å². The number of nitro groups is 1. The Hall–Kier alpha value is -3.50. The molecule has 0 unspecified atom stereocenters. The Morgan fingerprint density at radius 1 is 0.719 bits per heavy atom. The second kappa shape index (κ2) is 13.7. The van der Waals surface area contributed by atoms with Crippen LogP contribution in [-0.4, -0.2) is 16.9 Å². The molecule has 0 spiro atoms. The number of nitrogens with zero attached hydrogens (tertiary/aromatic N) is 1. The first-order chi connectivity index (χ1) is 15.5. The molecular formula is C22H26N2O8. The maximum Gasteiger partial charge on any atom is 0.311 e. The minimum atomic E-state index is -0.511. The summed E-state index contributed by atoms with van der Waals surface area (Å²) in [5.41, 5.74) is -0.0549. The molecule has 0 radical (unpaired) electrons. The van der Waals surface area contributed by atoms with Crippen molar-refractivity contribution < 1.29 is 33.9 Å². The number of non-ortho nitro benzene ring substituents is 1. The first-order valence-electron chi connectivity index (χ1n) is 10.3. The smallest absolute Gasteiger partial charge is 0.311 e. The maximum absolute atomic E-state index is 11.9. The van der Waals surface area contributed by atoms with Crippen molar-refractivity contribution in [1.29, 1.82) is 0 Å². The number of unbranched alkanes of at least 4 members (excludes halogenated alkanes) is 5. The Morgan fingerprint density at radius 2 is 1.12 bits per heavy atom. The van der Waals surface area contributed by atoms with Crippen molar-refractivity contribution in [3.8, 4) is 17.2 Å². The van der Waals surface area contributed by atoms with Crippen LogP contribution in [0.4, 0.5) is 5.69 Å². The molecule has 0 aromatic heterocycles. The number of hydrogen-bond acceptors (Lipinski definition) is 9. The van der Waals surface area contributed by atoms with Crippen molar-refractivity contribution in [1.82, 2.24) is 0 Å². The Kier molecular flexibility index (Phi) is 10.6. The molecule has 0 amide bonds. The first-order valence-corrected chi connectivity index (χ1v) is 10.3. The van der Waals surface area contributed by atoms with Gasteiger partial charge in [-0.15, -0.1) is 0 Å². The van der Waals surface area contributed by atoms with Crippen LogP contribution < -0.4 is 20.3 Å². The van der Waals surface area contributed by atoms with Gasteiger partial charge in [-0.1, -0.05) is 30.7 Å². The lowest BCUT2D eigenvalue weighted by molar-refractivity contribution is -0.384. The van der Waals surface area contributed by atoms with Gasteiger partial charge in [0.1, 0.15) is 11.5 Å². The summed E-state index contributed by atoms with van der Waals surface area (Å²) in [4.78, 5) is 42.4. The second-order valence-electron chi connectivity index (χ2n) is 6.97. The van der Waals surface area contributed by atoms with Crippen LogP contribution in [0, 0.1) is 10.1 Å². The molecule has 0 bridgehead atoms. The second-order valence-corrected chi connectivity index (χ2v) is 6.97. The molecule has 0 fully saturated rings. The average molecular weight is 446 g/mol. The number of esters is 2. The highest BCUT2D eigenvalue weighted by Crippen LogP contribution is 2.19. The van der Waals surface area contributed by atoms with Gasteiger partial charge in [-0.05, 0) is 49.2 Å². The van der Waals surface area contributed by atoms with Gasteiger partial charge in [0.25, 0.3) is 5.69 Å². The summed E-state index contributed by atoms with van der Waals surface area (Å²) in [6, 6.07) is 11.7. The molecule has 10 heteroatoms. The Balaban J connectivity index is 1.48. The van der Waals surface area contributed by atoms with E-state index >= 15 is 0 Å². The number of ether oxygens (including phenoxy) is 2. The largest absolute Gasteiger partial charge is 0.427 e. The molecule has 0 aliphatic heterocycles. The molecule has 0 aliphatic rings. The van der Waals surface area contributed by atoms with Crippen molar-refractivity contribution >= 4 is 17.6 Å². The number of nitrogens with two attached hydrogens (primary N) is 1. The Morgan fingerprint density at radius 3 is 1.56 bits per heavy atom. The van der Waals surface area contributed by atoms with E-state index in [0.29, 0.717) is 30.1 Å². The maximum atomic E-state index is 11.9. The number of carbonyl (C=O) groups excluding carboxylic acids is 2. The number of rotatable bonds is 14. The van der Waals surface area contributed by atoms with E-state index < -0.39 is 4.92 Å². The monoisotopic (exact) mass is 446 g/mol. The van der Waals surface area contributed by atoms with E-state index in [4.69, 9.17) is 15.4 Å². The molecule has 0 saturated heterocycles. The summed E-state index contributed by atoms with van der Waals surface area (Å²) in [6.45, 7) is 0.